The molecule has 5 aromatic rings. The lowest BCUT2D eigenvalue weighted by molar-refractivity contribution is -0.0396. The highest BCUT2D eigenvalue weighted by Crippen LogP contribution is 2.70. The fourth-order valence-corrected chi connectivity index (χ4v) is 9.78. The molecule has 1 nitrogen and oxygen atoms in total. The zero-order valence-electron chi connectivity index (χ0n) is 23.4. The summed E-state index contributed by atoms with van der Waals surface area (Å²) in [6, 6.07) is 45.0. The van der Waals surface area contributed by atoms with Gasteiger partial charge in [0.05, 0.1) is 0 Å². The zero-order valence-corrected chi connectivity index (χ0v) is 23.4. The van der Waals surface area contributed by atoms with Crippen molar-refractivity contribution in [3.05, 3.63) is 132 Å². The summed E-state index contributed by atoms with van der Waals surface area (Å²) in [5, 5.41) is 4.04. The highest BCUT2D eigenvalue weighted by molar-refractivity contribution is 5.90. The molecular formula is C40H35N. The van der Waals surface area contributed by atoms with E-state index in [2.05, 4.69) is 127 Å². The SMILES string of the molecule is c1ccc(-c2ccc(-c3ccccc3Nc3cccc4c3C3(c5ccccc5-4)C4CC5CC(C4)CC3C5)cc2)cc1. The molecule has 0 saturated heterocycles. The molecule has 0 unspecified atom stereocenters. The molecule has 200 valence electrons. The molecule has 0 radical (unpaired) electrons. The lowest BCUT2D eigenvalue weighted by Gasteiger charge is -2.61. The Morgan fingerprint density at radius 2 is 1.00 bits per heavy atom. The van der Waals surface area contributed by atoms with Crippen LogP contribution in [-0.2, 0) is 5.41 Å². The van der Waals surface area contributed by atoms with E-state index in [1.54, 1.807) is 11.1 Å². The maximum absolute atomic E-state index is 4.04. The molecular weight excluding hydrogens is 494 g/mol. The van der Waals surface area contributed by atoms with Gasteiger partial charge >= 0.3 is 0 Å². The summed E-state index contributed by atoms with van der Waals surface area (Å²) in [6.07, 6.45) is 7.09. The van der Waals surface area contributed by atoms with Gasteiger partial charge in [0.1, 0.15) is 0 Å². The van der Waals surface area contributed by atoms with Gasteiger partial charge in [-0.1, -0.05) is 109 Å². The van der Waals surface area contributed by atoms with Crippen LogP contribution in [0.3, 0.4) is 0 Å². The van der Waals surface area contributed by atoms with Gasteiger partial charge in [-0.05, 0) is 107 Å². The van der Waals surface area contributed by atoms with Gasteiger partial charge in [-0.2, -0.15) is 0 Å². The molecule has 0 atom stereocenters. The first kappa shape index (κ1) is 23.6. The van der Waals surface area contributed by atoms with Gasteiger partial charge in [0, 0.05) is 22.4 Å². The number of fused-ring (bicyclic) bond motifs is 3. The van der Waals surface area contributed by atoms with Crippen LogP contribution < -0.4 is 5.32 Å². The van der Waals surface area contributed by atoms with E-state index in [1.165, 1.54) is 76.9 Å². The molecule has 0 aromatic heterocycles. The fraction of sp³-hybridized carbons (Fsp3) is 0.250. The van der Waals surface area contributed by atoms with Crippen molar-refractivity contribution in [2.75, 3.05) is 5.32 Å². The van der Waals surface area contributed by atoms with Crippen LogP contribution in [0.15, 0.2) is 121 Å². The second-order valence-electron chi connectivity index (χ2n) is 13.1. The minimum atomic E-state index is 0.148. The van der Waals surface area contributed by atoms with Crippen LogP contribution in [0.5, 0.6) is 0 Å². The van der Waals surface area contributed by atoms with Crippen LogP contribution in [0.1, 0.15) is 43.2 Å². The van der Waals surface area contributed by atoms with Crippen molar-refractivity contribution in [3.8, 4) is 33.4 Å². The van der Waals surface area contributed by atoms with Gasteiger partial charge in [-0.25, -0.2) is 0 Å². The molecule has 1 heteroatoms. The maximum atomic E-state index is 4.04. The smallest absolute Gasteiger partial charge is 0.0463 e. The number of benzene rings is 5. The van der Waals surface area contributed by atoms with Crippen molar-refractivity contribution in [3.63, 3.8) is 0 Å². The normalized spacial score (nSPS) is 26.6. The lowest BCUT2D eigenvalue weighted by Crippen LogP contribution is -2.55. The summed E-state index contributed by atoms with van der Waals surface area (Å²) < 4.78 is 0. The molecule has 41 heavy (non-hydrogen) atoms. The van der Waals surface area contributed by atoms with Crippen LogP contribution >= 0.6 is 0 Å². The second kappa shape index (κ2) is 8.95. The van der Waals surface area contributed by atoms with E-state index in [-0.39, 0.29) is 5.41 Å². The Morgan fingerprint density at radius 3 is 1.76 bits per heavy atom. The topological polar surface area (TPSA) is 12.0 Å². The van der Waals surface area contributed by atoms with Crippen molar-refractivity contribution >= 4 is 11.4 Å². The molecule has 5 aliphatic carbocycles. The van der Waals surface area contributed by atoms with E-state index >= 15 is 0 Å². The van der Waals surface area contributed by atoms with Crippen molar-refractivity contribution in [1.29, 1.82) is 0 Å². The van der Waals surface area contributed by atoms with E-state index in [0.717, 1.165) is 23.7 Å². The molecule has 1 N–H and O–H groups in total. The van der Waals surface area contributed by atoms with Gasteiger partial charge in [0.2, 0.25) is 0 Å². The monoisotopic (exact) mass is 529 g/mol. The maximum Gasteiger partial charge on any atom is 0.0463 e. The number of nitrogens with one attached hydrogen (secondary N) is 1. The number of anilines is 2. The second-order valence-corrected chi connectivity index (χ2v) is 13.1. The van der Waals surface area contributed by atoms with E-state index < -0.39 is 0 Å². The Bertz CT molecular complexity index is 1740. The van der Waals surface area contributed by atoms with Crippen LogP contribution in [0.2, 0.25) is 0 Å². The van der Waals surface area contributed by atoms with Crippen molar-refractivity contribution in [2.45, 2.75) is 37.5 Å². The first-order valence-electron chi connectivity index (χ1n) is 15.5. The Hall–Kier alpha value is -4.10. The lowest BCUT2D eigenvalue weighted by atomic mass is 9.43. The van der Waals surface area contributed by atoms with Crippen LogP contribution in [0, 0.1) is 23.7 Å². The quantitative estimate of drug-likeness (QED) is 0.244. The average Bonchev–Trinajstić information content (AvgIpc) is 3.32. The number of rotatable bonds is 4. The Kier molecular flexibility index (Phi) is 5.15. The standard InChI is InChI=1S/C40H35N/c1-2-9-28(10-3-1)29-17-19-30(20-18-29)33-11-5-7-15-37(33)41-38-16-8-13-35-34-12-4-6-14-36(34)40(39(35)38)31-22-26-21-27(24-31)25-32(40)23-26/h1-20,26-27,31-32,41H,21-25H2. The molecule has 5 aromatic carbocycles. The molecule has 0 heterocycles. The predicted molar refractivity (Wildman–Crippen MR) is 170 cm³/mol. The third kappa shape index (κ3) is 3.42. The van der Waals surface area contributed by atoms with E-state index in [4.69, 9.17) is 0 Å². The van der Waals surface area contributed by atoms with Crippen LogP contribution in [-0.4, -0.2) is 0 Å². The van der Waals surface area contributed by atoms with Gasteiger partial charge in [-0.15, -0.1) is 0 Å². The number of para-hydroxylation sites is 1. The Labute approximate surface area is 243 Å². The van der Waals surface area contributed by atoms with Crippen LogP contribution in [0.4, 0.5) is 11.4 Å². The summed E-state index contributed by atoms with van der Waals surface area (Å²) in [5.41, 5.74) is 13.8. The summed E-state index contributed by atoms with van der Waals surface area (Å²) in [4.78, 5) is 0. The summed E-state index contributed by atoms with van der Waals surface area (Å²) in [6.45, 7) is 0. The minimum absolute atomic E-state index is 0.148. The summed E-state index contributed by atoms with van der Waals surface area (Å²) in [7, 11) is 0. The summed E-state index contributed by atoms with van der Waals surface area (Å²) in [5.74, 6) is 3.40. The molecule has 5 aliphatic rings. The fourth-order valence-electron chi connectivity index (χ4n) is 9.78. The van der Waals surface area contributed by atoms with Gasteiger partial charge in [0.25, 0.3) is 0 Å². The summed E-state index contributed by atoms with van der Waals surface area (Å²) >= 11 is 0. The Balaban J connectivity index is 1.16. The number of hydrogen-bond acceptors (Lipinski definition) is 1. The highest BCUT2D eigenvalue weighted by atomic mass is 14.9. The van der Waals surface area contributed by atoms with Gasteiger partial charge in [0.15, 0.2) is 0 Å². The first-order chi connectivity index (χ1) is 20.3. The molecule has 4 saturated carbocycles. The molecule has 4 bridgehead atoms. The third-order valence-electron chi connectivity index (χ3n) is 11.1. The molecule has 1 spiro atoms. The van der Waals surface area contributed by atoms with Gasteiger partial charge in [-0.3, -0.25) is 0 Å². The molecule has 0 amide bonds. The van der Waals surface area contributed by atoms with Crippen molar-refractivity contribution in [2.24, 2.45) is 23.7 Å². The molecule has 10 rings (SSSR count). The van der Waals surface area contributed by atoms with Crippen molar-refractivity contribution < 1.29 is 0 Å². The van der Waals surface area contributed by atoms with E-state index in [1.807, 2.05) is 0 Å². The predicted octanol–water partition coefficient (Wildman–Crippen LogP) is 10.5. The largest absolute Gasteiger partial charge is 0.355 e. The minimum Gasteiger partial charge on any atom is -0.355 e. The van der Waals surface area contributed by atoms with E-state index in [9.17, 15) is 0 Å². The van der Waals surface area contributed by atoms with Crippen LogP contribution in [0.25, 0.3) is 33.4 Å². The molecule has 0 aliphatic heterocycles. The van der Waals surface area contributed by atoms with Gasteiger partial charge < -0.3 is 5.32 Å². The highest BCUT2D eigenvalue weighted by Gasteiger charge is 2.62. The Morgan fingerprint density at radius 1 is 0.439 bits per heavy atom. The zero-order chi connectivity index (χ0) is 27.0. The van der Waals surface area contributed by atoms with E-state index in [0.29, 0.717) is 0 Å². The molecule has 4 fully saturated rings. The van der Waals surface area contributed by atoms with Crippen molar-refractivity contribution in [1.82, 2.24) is 0 Å². The average molecular weight is 530 g/mol. The number of hydrogen-bond donors (Lipinski definition) is 1. The third-order valence-corrected chi connectivity index (χ3v) is 11.1. The first-order valence-corrected chi connectivity index (χ1v) is 15.5.